The zero-order chi connectivity index (χ0) is 25.2. The number of nitrogens with one attached hydrogen (secondary N) is 1. The van der Waals surface area contributed by atoms with Gasteiger partial charge in [-0.15, -0.1) is 0 Å². The molecule has 0 unspecified atom stereocenters. The summed E-state index contributed by atoms with van der Waals surface area (Å²) in [6.45, 7) is 0. The standard InChI is InChI=1S/C30H30N4O2S/c1-35-23-15-17-25(18-16-23)36-24-13-11-22(12-14-24)34-29(27-10-6-20-33(27)21-7-2-3-8-21)28(32-30(34)37)26-9-4-5-19-31-26/h4-6,9-21,28-29H,2-3,7-8H2,1H3,(H,32,37)/t28-,29-/m0/s1. The Labute approximate surface area is 222 Å². The number of methoxy groups -OCH3 is 1. The summed E-state index contributed by atoms with van der Waals surface area (Å²) in [7, 11) is 1.66. The van der Waals surface area contributed by atoms with Gasteiger partial charge in [-0.25, -0.2) is 0 Å². The van der Waals surface area contributed by atoms with Crippen LogP contribution in [0.1, 0.15) is 55.2 Å². The van der Waals surface area contributed by atoms with Crippen molar-refractivity contribution in [3.63, 3.8) is 0 Å². The van der Waals surface area contributed by atoms with Crippen LogP contribution in [0.3, 0.4) is 0 Å². The Morgan fingerprint density at radius 2 is 1.57 bits per heavy atom. The maximum atomic E-state index is 6.06. The first kappa shape index (κ1) is 23.6. The van der Waals surface area contributed by atoms with Crippen molar-refractivity contribution in [2.75, 3.05) is 12.0 Å². The maximum absolute atomic E-state index is 6.06. The van der Waals surface area contributed by atoms with Gasteiger partial charge in [-0.1, -0.05) is 18.9 Å². The summed E-state index contributed by atoms with van der Waals surface area (Å²) in [5.74, 6) is 2.32. The molecule has 2 fully saturated rings. The number of rotatable bonds is 7. The highest BCUT2D eigenvalue weighted by molar-refractivity contribution is 7.80. The molecule has 0 amide bonds. The zero-order valence-corrected chi connectivity index (χ0v) is 21.6. The maximum Gasteiger partial charge on any atom is 0.174 e. The van der Waals surface area contributed by atoms with Gasteiger partial charge in [0.05, 0.1) is 18.8 Å². The van der Waals surface area contributed by atoms with Crippen LogP contribution in [-0.2, 0) is 0 Å². The third-order valence-electron chi connectivity index (χ3n) is 7.34. The molecule has 3 heterocycles. The Morgan fingerprint density at radius 1 is 0.865 bits per heavy atom. The monoisotopic (exact) mass is 510 g/mol. The number of ether oxygens (including phenoxy) is 2. The third-order valence-corrected chi connectivity index (χ3v) is 7.66. The van der Waals surface area contributed by atoms with E-state index < -0.39 is 0 Å². The van der Waals surface area contributed by atoms with Crippen LogP contribution < -0.4 is 19.7 Å². The zero-order valence-electron chi connectivity index (χ0n) is 20.8. The van der Waals surface area contributed by atoms with Gasteiger partial charge in [-0.05, 0) is 97.9 Å². The molecule has 2 aliphatic rings. The molecule has 2 aromatic heterocycles. The largest absolute Gasteiger partial charge is 0.497 e. The summed E-state index contributed by atoms with van der Waals surface area (Å²) in [6.07, 6.45) is 9.09. The molecule has 1 aliphatic carbocycles. The molecule has 6 rings (SSSR count). The van der Waals surface area contributed by atoms with Crippen molar-refractivity contribution in [2.24, 2.45) is 0 Å². The summed E-state index contributed by atoms with van der Waals surface area (Å²) in [4.78, 5) is 6.93. The number of hydrogen-bond acceptors (Lipinski definition) is 4. The van der Waals surface area contributed by atoms with E-state index in [2.05, 4.69) is 51.3 Å². The van der Waals surface area contributed by atoms with E-state index >= 15 is 0 Å². The van der Waals surface area contributed by atoms with Crippen molar-refractivity contribution in [1.82, 2.24) is 14.9 Å². The minimum atomic E-state index is -0.0565. The molecule has 1 saturated carbocycles. The lowest BCUT2D eigenvalue weighted by Crippen LogP contribution is -2.30. The highest BCUT2D eigenvalue weighted by Crippen LogP contribution is 2.44. The van der Waals surface area contributed by atoms with E-state index in [4.69, 9.17) is 26.7 Å². The Hall–Kier alpha value is -3.84. The van der Waals surface area contributed by atoms with Gasteiger partial charge in [0.15, 0.2) is 5.11 Å². The van der Waals surface area contributed by atoms with E-state index in [1.165, 1.54) is 31.4 Å². The lowest BCUT2D eigenvalue weighted by molar-refractivity contribution is 0.413. The topological polar surface area (TPSA) is 51.6 Å². The molecule has 0 spiro atoms. The predicted octanol–water partition coefficient (Wildman–Crippen LogP) is 6.98. The van der Waals surface area contributed by atoms with Crippen molar-refractivity contribution in [2.45, 2.75) is 43.8 Å². The normalized spacial score (nSPS) is 19.7. The molecule has 2 atom stereocenters. The van der Waals surface area contributed by atoms with Crippen LogP contribution in [0.25, 0.3) is 0 Å². The summed E-state index contributed by atoms with van der Waals surface area (Å²) in [5.41, 5.74) is 3.26. The fraction of sp³-hybridized carbons (Fsp3) is 0.267. The van der Waals surface area contributed by atoms with Crippen LogP contribution in [-0.4, -0.2) is 21.8 Å². The van der Waals surface area contributed by atoms with Crippen molar-refractivity contribution < 1.29 is 9.47 Å². The van der Waals surface area contributed by atoms with Crippen LogP contribution in [0.4, 0.5) is 5.69 Å². The van der Waals surface area contributed by atoms with Gasteiger partial charge in [0.2, 0.25) is 0 Å². The lowest BCUT2D eigenvalue weighted by atomic mass is 10.00. The van der Waals surface area contributed by atoms with E-state index in [-0.39, 0.29) is 12.1 Å². The Bertz CT molecular complexity index is 1350. The number of benzene rings is 2. The SMILES string of the molecule is COc1ccc(Oc2ccc(N3C(=S)N[C@@H](c4ccccn4)[C@@H]3c3cccn3C3CCCC3)cc2)cc1. The first-order chi connectivity index (χ1) is 18.2. The summed E-state index contributed by atoms with van der Waals surface area (Å²) in [5, 5.41) is 4.28. The quantitative estimate of drug-likeness (QED) is 0.271. The lowest BCUT2D eigenvalue weighted by Gasteiger charge is -2.30. The van der Waals surface area contributed by atoms with Crippen LogP contribution in [0, 0.1) is 0 Å². The van der Waals surface area contributed by atoms with Gasteiger partial charge in [0, 0.05) is 29.8 Å². The molecule has 37 heavy (non-hydrogen) atoms. The van der Waals surface area contributed by atoms with Crippen molar-refractivity contribution in [3.8, 4) is 17.2 Å². The van der Waals surface area contributed by atoms with E-state index in [9.17, 15) is 0 Å². The molecular formula is C30H30N4O2S. The van der Waals surface area contributed by atoms with Gasteiger partial charge < -0.3 is 24.3 Å². The summed E-state index contributed by atoms with van der Waals surface area (Å²) < 4.78 is 13.8. The van der Waals surface area contributed by atoms with Crippen molar-refractivity contribution >= 4 is 23.0 Å². The Kier molecular flexibility index (Phi) is 6.53. The van der Waals surface area contributed by atoms with E-state index in [1.807, 2.05) is 54.7 Å². The van der Waals surface area contributed by atoms with E-state index in [0.29, 0.717) is 11.2 Å². The molecule has 0 radical (unpaired) electrons. The molecule has 7 heteroatoms. The Morgan fingerprint density at radius 3 is 2.24 bits per heavy atom. The second kappa shape index (κ2) is 10.3. The molecule has 6 nitrogen and oxygen atoms in total. The summed E-state index contributed by atoms with van der Waals surface area (Å²) >= 11 is 5.92. The number of anilines is 1. The second-order valence-electron chi connectivity index (χ2n) is 9.55. The number of aromatic nitrogens is 2. The van der Waals surface area contributed by atoms with Gasteiger partial charge in [0.1, 0.15) is 23.3 Å². The van der Waals surface area contributed by atoms with E-state index in [0.717, 1.165) is 28.6 Å². The minimum Gasteiger partial charge on any atom is -0.497 e. The molecule has 1 aliphatic heterocycles. The molecule has 2 aromatic carbocycles. The fourth-order valence-electron chi connectivity index (χ4n) is 5.56. The first-order valence-corrected chi connectivity index (χ1v) is 13.2. The van der Waals surface area contributed by atoms with Crippen LogP contribution >= 0.6 is 12.2 Å². The average Bonchev–Trinajstić information content (AvgIpc) is 3.70. The smallest absolute Gasteiger partial charge is 0.174 e. The van der Waals surface area contributed by atoms with Crippen molar-refractivity contribution in [3.05, 3.63) is 103 Å². The highest BCUT2D eigenvalue weighted by atomic mass is 32.1. The number of thiocarbonyl (C=S) groups is 1. The number of hydrogen-bond donors (Lipinski definition) is 1. The van der Waals surface area contributed by atoms with Crippen molar-refractivity contribution in [1.29, 1.82) is 0 Å². The minimum absolute atomic E-state index is 0.0219. The van der Waals surface area contributed by atoms with Gasteiger partial charge in [-0.3, -0.25) is 4.98 Å². The molecule has 1 N–H and O–H groups in total. The third kappa shape index (κ3) is 4.67. The summed E-state index contributed by atoms with van der Waals surface area (Å²) in [6, 6.07) is 26.6. The molecule has 0 bridgehead atoms. The molecule has 188 valence electrons. The van der Waals surface area contributed by atoms with Crippen LogP contribution in [0.15, 0.2) is 91.3 Å². The van der Waals surface area contributed by atoms with Gasteiger partial charge >= 0.3 is 0 Å². The molecule has 4 aromatic rings. The van der Waals surface area contributed by atoms with Gasteiger partial charge in [-0.2, -0.15) is 0 Å². The first-order valence-electron chi connectivity index (χ1n) is 12.8. The molecular weight excluding hydrogens is 480 g/mol. The van der Waals surface area contributed by atoms with Gasteiger partial charge in [0.25, 0.3) is 0 Å². The number of pyridine rings is 1. The predicted molar refractivity (Wildman–Crippen MR) is 149 cm³/mol. The van der Waals surface area contributed by atoms with Crippen LogP contribution in [0.5, 0.6) is 17.2 Å². The highest BCUT2D eigenvalue weighted by Gasteiger charge is 2.42. The van der Waals surface area contributed by atoms with E-state index in [1.54, 1.807) is 7.11 Å². The second-order valence-corrected chi connectivity index (χ2v) is 9.93. The average molecular weight is 511 g/mol. The number of nitrogens with zero attached hydrogens (tertiary/aromatic N) is 3. The van der Waals surface area contributed by atoms with Crippen LogP contribution in [0.2, 0.25) is 0 Å². The fourth-order valence-corrected chi connectivity index (χ4v) is 5.91. The Balaban J connectivity index is 1.33. The molecule has 1 saturated heterocycles.